The zero-order chi connectivity index (χ0) is 17.9. The van der Waals surface area contributed by atoms with E-state index in [0.29, 0.717) is 0 Å². The molecule has 0 fully saturated rings. The molecule has 0 spiro atoms. The Morgan fingerprint density at radius 1 is 0.826 bits per heavy atom. The fourth-order valence-corrected chi connectivity index (χ4v) is 2.22. The summed E-state index contributed by atoms with van der Waals surface area (Å²) >= 11 is 0. The first-order valence-electron chi connectivity index (χ1n) is 6.90. The Kier molecular flexibility index (Phi) is 10.4. The molecule has 0 heterocycles. The van der Waals surface area contributed by atoms with E-state index in [2.05, 4.69) is 13.2 Å². The minimum Gasteiger partial charge on any atom is -0.460 e. The van der Waals surface area contributed by atoms with Crippen LogP contribution >= 0.6 is 7.82 Å². The molecule has 0 saturated carbocycles. The van der Waals surface area contributed by atoms with Crippen LogP contribution in [-0.4, -0.2) is 45.0 Å². The quantitative estimate of drug-likeness (QED) is 0.229. The van der Waals surface area contributed by atoms with Gasteiger partial charge in [0.1, 0.15) is 13.2 Å². The molecule has 0 unspecified atom stereocenters. The minimum atomic E-state index is -3.81. The van der Waals surface area contributed by atoms with Gasteiger partial charge in [-0.15, -0.1) is 0 Å². The van der Waals surface area contributed by atoms with Crippen molar-refractivity contribution in [3.63, 3.8) is 0 Å². The van der Waals surface area contributed by atoms with Gasteiger partial charge in [-0.3, -0.25) is 13.6 Å². The van der Waals surface area contributed by atoms with Gasteiger partial charge < -0.3 is 9.47 Å². The SMILES string of the molecule is C=C(C)C(=O)OCCOP(=O)(OCC)OCCOC(=O)C(=C)C. The summed E-state index contributed by atoms with van der Waals surface area (Å²) in [5, 5.41) is 0. The molecule has 0 saturated heterocycles. The molecule has 0 aromatic heterocycles. The Labute approximate surface area is 136 Å². The first kappa shape index (κ1) is 21.5. The average molecular weight is 350 g/mol. The second kappa shape index (κ2) is 11.1. The third kappa shape index (κ3) is 10.0. The summed E-state index contributed by atoms with van der Waals surface area (Å²) < 4.78 is 36.7. The van der Waals surface area contributed by atoms with Gasteiger partial charge in [-0.05, 0) is 20.8 Å². The highest BCUT2D eigenvalue weighted by Gasteiger charge is 2.26. The van der Waals surface area contributed by atoms with Crippen molar-refractivity contribution in [1.82, 2.24) is 0 Å². The van der Waals surface area contributed by atoms with Gasteiger partial charge in [-0.2, -0.15) is 0 Å². The number of phosphoric acid groups is 1. The summed E-state index contributed by atoms with van der Waals surface area (Å²) in [5.41, 5.74) is 0.488. The van der Waals surface area contributed by atoms with Crippen LogP contribution in [0.15, 0.2) is 24.3 Å². The Balaban J connectivity index is 4.16. The number of carbonyl (C=O) groups is 2. The third-order valence-corrected chi connectivity index (χ3v) is 3.69. The van der Waals surface area contributed by atoms with E-state index in [1.807, 2.05) is 0 Å². The molecule has 0 aliphatic rings. The van der Waals surface area contributed by atoms with Gasteiger partial charge in [0.25, 0.3) is 0 Å². The fraction of sp³-hybridized carbons (Fsp3) is 0.571. The van der Waals surface area contributed by atoms with Gasteiger partial charge in [0, 0.05) is 11.1 Å². The van der Waals surface area contributed by atoms with Crippen LogP contribution in [0.5, 0.6) is 0 Å². The molecule has 23 heavy (non-hydrogen) atoms. The number of ether oxygens (including phenoxy) is 2. The van der Waals surface area contributed by atoms with Crippen molar-refractivity contribution in [3.8, 4) is 0 Å². The molecule has 0 rings (SSSR count). The molecular formula is C14H23O8P. The Hall–Kier alpha value is -1.47. The lowest BCUT2D eigenvalue weighted by Crippen LogP contribution is -2.13. The molecule has 8 nitrogen and oxygen atoms in total. The molecule has 0 aliphatic heterocycles. The lowest BCUT2D eigenvalue weighted by atomic mass is 10.4. The van der Waals surface area contributed by atoms with Crippen LogP contribution in [0.3, 0.4) is 0 Å². The van der Waals surface area contributed by atoms with E-state index < -0.39 is 19.8 Å². The van der Waals surface area contributed by atoms with Gasteiger partial charge in [0.2, 0.25) is 0 Å². The standard InChI is InChI=1S/C14H23O8P/c1-6-20-23(17,21-9-7-18-13(15)11(2)3)22-10-8-19-14(16)12(4)5/h2,4,6-10H2,1,3,5H3. The predicted molar refractivity (Wildman–Crippen MR) is 82.7 cm³/mol. The smallest absolute Gasteiger partial charge is 0.460 e. The zero-order valence-corrected chi connectivity index (χ0v) is 14.6. The lowest BCUT2D eigenvalue weighted by molar-refractivity contribution is -0.140. The normalized spacial score (nSPS) is 10.9. The third-order valence-electron chi connectivity index (χ3n) is 2.12. The highest BCUT2D eigenvalue weighted by molar-refractivity contribution is 7.48. The van der Waals surface area contributed by atoms with Crippen molar-refractivity contribution < 1.29 is 37.2 Å². The molecule has 0 atom stereocenters. The molecule has 0 radical (unpaired) electrons. The van der Waals surface area contributed by atoms with Crippen molar-refractivity contribution in [2.75, 3.05) is 33.0 Å². The number of esters is 2. The minimum absolute atomic E-state index is 0.0917. The first-order chi connectivity index (χ1) is 10.7. The molecule has 0 aromatic carbocycles. The Bertz CT molecular complexity index is 447. The van der Waals surface area contributed by atoms with Crippen molar-refractivity contribution in [1.29, 1.82) is 0 Å². The van der Waals surface area contributed by atoms with E-state index in [-0.39, 0.29) is 44.2 Å². The van der Waals surface area contributed by atoms with Crippen LogP contribution in [-0.2, 0) is 37.2 Å². The maximum absolute atomic E-state index is 12.2. The van der Waals surface area contributed by atoms with Crippen LogP contribution in [0.25, 0.3) is 0 Å². The van der Waals surface area contributed by atoms with Gasteiger partial charge >= 0.3 is 19.8 Å². The largest absolute Gasteiger partial charge is 0.475 e. The molecule has 0 aliphatic carbocycles. The van der Waals surface area contributed by atoms with E-state index >= 15 is 0 Å². The topological polar surface area (TPSA) is 97.4 Å². The van der Waals surface area contributed by atoms with Crippen LogP contribution in [0.1, 0.15) is 20.8 Å². The number of hydrogen-bond donors (Lipinski definition) is 0. The van der Waals surface area contributed by atoms with E-state index in [1.54, 1.807) is 6.92 Å². The molecule has 0 amide bonds. The second-order valence-electron chi connectivity index (χ2n) is 4.36. The molecule has 0 aromatic rings. The van der Waals surface area contributed by atoms with E-state index in [0.717, 1.165) is 0 Å². The summed E-state index contributed by atoms with van der Waals surface area (Å²) in [6, 6.07) is 0. The van der Waals surface area contributed by atoms with Crippen LogP contribution in [0.2, 0.25) is 0 Å². The lowest BCUT2D eigenvalue weighted by Gasteiger charge is -2.17. The van der Waals surface area contributed by atoms with Crippen molar-refractivity contribution in [3.05, 3.63) is 24.3 Å². The van der Waals surface area contributed by atoms with Gasteiger partial charge in [0.05, 0.1) is 19.8 Å². The van der Waals surface area contributed by atoms with Crippen LogP contribution < -0.4 is 0 Å². The van der Waals surface area contributed by atoms with Crippen molar-refractivity contribution in [2.24, 2.45) is 0 Å². The second-order valence-corrected chi connectivity index (χ2v) is 6.03. The summed E-state index contributed by atoms with van der Waals surface area (Å²) in [6.07, 6.45) is 0. The molecular weight excluding hydrogens is 327 g/mol. The predicted octanol–water partition coefficient (Wildman–Crippen LogP) is 2.40. The molecule has 132 valence electrons. The average Bonchev–Trinajstić information content (AvgIpc) is 2.47. The van der Waals surface area contributed by atoms with E-state index in [4.69, 9.17) is 23.0 Å². The van der Waals surface area contributed by atoms with Crippen molar-refractivity contribution >= 4 is 19.8 Å². The first-order valence-corrected chi connectivity index (χ1v) is 8.36. The Morgan fingerprint density at radius 3 is 1.52 bits per heavy atom. The van der Waals surface area contributed by atoms with Crippen molar-refractivity contribution in [2.45, 2.75) is 20.8 Å². The maximum Gasteiger partial charge on any atom is 0.475 e. The summed E-state index contributed by atoms with van der Waals surface area (Å²) in [5.74, 6) is -1.15. The fourth-order valence-electron chi connectivity index (χ4n) is 1.08. The highest BCUT2D eigenvalue weighted by Crippen LogP contribution is 2.49. The number of carbonyl (C=O) groups excluding carboxylic acids is 2. The highest BCUT2D eigenvalue weighted by atomic mass is 31.2. The van der Waals surface area contributed by atoms with Gasteiger partial charge in [-0.1, -0.05) is 13.2 Å². The monoisotopic (exact) mass is 350 g/mol. The van der Waals surface area contributed by atoms with Gasteiger partial charge in [-0.25, -0.2) is 14.2 Å². The number of phosphoric ester groups is 1. The van der Waals surface area contributed by atoms with Crippen LogP contribution in [0.4, 0.5) is 0 Å². The summed E-state index contributed by atoms with van der Waals surface area (Å²) in [6.45, 7) is 10.9. The summed E-state index contributed by atoms with van der Waals surface area (Å²) in [4.78, 5) is 22.3. The molecule has 9 heteroatoms. The van der Waals surface area contributed by atoms with Gasteiger partial charge in [0.15, 0.2) is 0 Å². The Morgan fingerprint density at radius 2 is 1.22 bits per heavy atom. The zero-order valence-electron chi connectivity index (χ0n) is 13.7. The van der Waals surface area contributed by atoms with Crippen LogP contribution in [0, 0.1) is 0 Å². The van der Waals surface area contributed by atoms with E-state index in [9.17, 15) is 14.2 Å². The number of hydrogen-bond acceptors (Lipinski definition) is 8. The maximum atomic E-state index is 12.2. The molecule has 0 bridgehead atoms. The number of rotatable bonds is 12. The van der Waals surface area contributed by atoms with E-state index in [1.165, 1.54) is 13.8 Å². The summed E-state index contributed by atoms with van der Waals surface area (Å²) in [7, 11) is -3.81. The molecule has 0 N–H and O–H groups in total.